The van der Waals surface area contributed by atoms with Gasteiger partial charge in [-0.1, -0.05) is 55.5 Å². The molecule has 0 fully saturated rings. The van der Waals surface area contributed by atoms with Crippen LogP contribution in [0.25, 0.3) is 0 Å². The van der Waals surface area contributed by atoms with Gasteiger partial charge in [0.15, 0.2) is 0 Å². The number of rotatable bonds is 4. The van der Waals surface area contributed by atoms with E-state index in [1.807, 2.05) is 36.4 Å². The maximum atomic E-state index is 5.93. The fraction of sp³-hybridized carbons (Fsp3) is 0.250. The summed E-state index contributed by atoms with van der Waals surface area (Å²) in [6.45, 7) is 4.31. The van der Waals surface area contributed by atoms with Gasteiger partial charge in [0, 0.05) is 5.92 Å². The Balaban J connectivity index is 2.03. The normalized spacial score (nSPS) is 14.0. The summed E-state index contributed by atoms with van der Waals surface area (Å²) in [5.41, 5.74) is 1.32. The van der Waals surface area contributed by atoms with Crippen LogP contribution in [0.15, 0.2) is 60.7 Å². The van der Waals surface area contributed by atoms with E-state index in [-0.39, 0.29) is 6.10 Å². The van der Waals surface area contributed by atoms with Gasteiger partial charge in [-0.3, -0.25) is 0 Å². The van der Waals surface area contributed by atoms with E-state index in [0.29, 0.717) is 5.92 Å². The average molecular weight is 226 g/mol. The van der Waals surface area contributed by atoms with Crippen LogP contribution in [-0.4, -0.2) is 6.10 Å². The molecule has 2 aromatic rings. The highest BCUT2D eigenvalue weighted by atomic mass is 16.5. The second kappa shape index (κ2) is 5.53. The van der Waals surface area contributed by atoms with Gasteiger partial charge in [-0.15, -0.1) is 0 Å². The highest BCUT2D eigenvalue weighted by molar-refractivity contribution is 5.23. The van der Waals surface area contributed by atoms with Crippen molar-refractivity contribution in [2.24, 2.45) is 0 Å². The topological polar surface area (TPSA) is 9.23 Å². The standard InChI is InChI=1S/C16H18O/c1-13(15-9-5-3-6-10-15)14(2)17-16-11-7-4-8-12-16/h3-14H,1-2H3/t13-,14-/m1/s1. The molecule has 1 heteroatoms. The Kier molecular flexibility index (Phi) is 3.81. The van der Waals surface area contributed by atoms with Gasteiger partial charge in [0.25, 0.3) is 0 Å². The molecule has 0 bridgehead atoms. The first-order valence-corrected chi connectivity index (χ1v) is 6.04. The zero-order valence-electron chi connectivity index (χ0n) is 10.3. The molecule has 0 N–H and O–H groups in total. The van der Waals surface area contributed by atoms with Crippen molar-refractivity contribution in [3.05, 3.63) is 66.2 Å². The summed E-state index contributed by atoms with van der Waals surface area (Å²) < 4.78 is 5.93. The van der Waals surface area contributed by atoms with Gasteiger partial charge in [-0.25, -0.2) is 0 Å². The minimum Gasteiger partial charge on any atom is -0.490 e. The lowest BCUT2D eigenvalue weighted by Crippen LogP contribution is -2.19. The molecule has 0 saturated heterocycles. The molecule has 0 saturated carbocycles. The first-order chi connectivity index (χ1) is 8.27. The van der Waals surface area contributed by atoms with Crippen LogP contribution in [-0.2, 0) is 0 Å². The molecule has 0 aromatic heterocycles. The fourth-order valence-electron chi connectivity index (χ4n) is 1.84. The van der Waals surface area contributed by atoms with Crippen molar-refractivity contribution >= 4 is 0 Å². The molecule has 0 heterocycles. The molecule has 0 amide bonds. The zero-order valence-corrected chi connectivity index (χ0v) is 10.3. The van der Waals surface area contributed by atoms with E-state index >= 15 is 0 Å². The summed E-state index contributed by atoms with van der Waals surface area (Å²) in [7, 11) is 0. The lowest BCUT2D eigenvalue weighted by Gasteiger charge is -2.21. The quantitative estimate of drug-likeness (QED) is 0.757. The molecule has 1 nitrogen and oxygen atoms in total. The second-order valence-corrected chi connectivity index (χ2v) is 4.34. The molecule has 2 aromatic carbocycles. The van der Waals surface area contributed by atoms with Crippen molar-refractivity contribution < 1.29 is 4.74 Å². The lowest BCUT2D eigenvalue weighted by molar-refractivity contribution is 0.195. The lowest BCUT2D eigenvalue weighted by atomic mass is 9.96. The Morgan fingerprint density at radius 2 is 1.29 bits per heavy atom. The Hall–Kier alpha value is -1.76. The van der Waals surface area contributed by atoms with Gasteiger partial charge in [0.2, 0.25) is 0 Å². The van der Waals surface area contributed by atoms with Crippen molar-refractivity contribution in [2.45, 2.75) is 25.9 Å². The van der Waals surface area contributed by atoms with Crippen molar-refractivity contribution in [1.82, 2.24) is 0 Å². The third-order valence-corrected chi connectivity index (χ3v) is 3.09. The highest BCUT2D eigenvalue weighted by Crippen LogP contribution is 2.23. The molecule has 17 heavy (non-hydrogen) atoms. The van der Waals surface area contributed by atoms with Crippen LogP contribution in [0.1, 0.15) is 25.3 Å². The highest BCUT2D eigenvalue weighted by Gasteiger charge is 2.15. The van der Waals surface area contributed by atoms with Gasteiger partial charge < -0.3 is 4.74 Å². The molecule has 0 aliphatic carbocycles. The molecule has 0 aliphatic rings. The van der Waals surface area contributed by atoms with Crippen LogP contribution in [0.5, 0.6) is 5.75 Å². The molecule has 0 aliphatic heterocycles. The van der Waals surface area contributed by atoms with E-state index in [4.69, 9.17) is 4.74 Å². The van der Waals surface area contributed by atoms with Crippen molar-refractivity contribution in [3.8, 4) is 5.75 Å². The number of ether oxygens (including phenoxy) is 1. The zero-order chi connectivity index (χ0) is 12.1. The third-order valence-electron chi connectivity index (χ3n) is 3.09. The largest absolute Gasteiger partial charge is 0.490 e. The van der Waals surface area contributed by atoms with E-state index < -0.39 is 0 Å². The predicted molar refractivity (Wildman–Crippen MR) is 71.4 cm³/mol. The maximum absolute atomic E-state index is 5.93. The Bertz CT molecular complexity index is 436. The third kappa shape index (κ3) is 3.10. The van der Waals surface area contributed by atoms with Gasteiger partial charge in [-0.2, -0.15) is 0 Å². The molecule has 0 radical (unpaired) electrons. The molecular weight excluding hydrogens is 208 g/mol. The summed E-state index contributed by atoms with van der Waals surface area (Å²) in [5, 5.41) is 0. The molecule has 88 valence electrons. The second-order valence-electron chi connectivity index (χ2n) is 4.34. The number of benzene rings is 2. The molecule has 0 unspecified atom stereocenters. The van der Waals surface area contributed by atoms with Crippen molar-refractivity contribution in [3.63, 3.8) is 0 Å². The number of hydrogen-bond acceptors (Lipinski definition) is 1. The van der Waals surface area contributed by atoms with E-state index in [1.54, 1.807) is 0 Å². The minimum absolute atomic E-state index is 0.166. The monoisotopic (exact) mass is 226 g/mol. The SMILES string of the molecule is C[C@@H](Oc1ccccc1)[C@@H](C)c1ccccc1. The van der Waals surface area contributed by atoms with Crippen LogP contribution < -0.4 is 4.74 Å². The van der Waals surface area contributed by atoms with Crippen molar-refractivity contribution in [2.75, 3.05) is 0 Å². The molecule has 2 rings (SSSR count). The summed E-state index contributed by atoms with van der Waals surface area (Å²) >= 11 is 0. The summed E-state index contributed by atoms with van der Waals surface area (Å²) in [4.78, 5) is 0. The average Bonchev–Trinajstić information content (AvgIpc) is 2.40. The Morgan fingerprint density at radius 3 is 1.88 bits per heavy atom. The molecule has 0 spiro atoms. The summed E-state index contributed by atoms with van der Waals surface area (Å²) in [5.74, 6) is 1.32. The van der Waals surface area contributed by atoms with E-state index in [2.05, 4.69) is 38.1 Å². The van der Waals surface area contributed by atoms with E-state index in [0.717, 1.165) is 5.75 Å². The first kappa shape index (κ1) is 11.7. The van der Waals surface area contributed by atoms with E-state index in [9.17, 15) is 0 Å². The maximum Gasteiger partial charge on any atom is 0.119 e. The summed E-state index contributed by atoms with van der Waals surface area (Å²) in [6.07, 6.45) is 0.166. The van der Waals surface area contributed by atoms with Crippen LogP contribution >= 0.6 is 0 Å². The van der Waals surface area contributed by atoms with Crippen LogP contribution in [0.3, 0.4) is 0 Å². The van der Waals surface area contributed by atoms with Gasteiger partial charge in [0.1, 0.15) is 11.9 Å². The van der Waals surface area contributed by atoms with Crippen LogP contribution in [0.2, 0.25) is 0 Å². The fourth-order valence-corrected chi connectivity index (χ4v) is 1.84. The number of hydrogen-bond donors (Lipinski definition) is 0. The van der Waals surface area contributed by atoms with Gasteiger partial charge in [0.05, 0.1) is 0 Å². The Morgan fingerprint density at radius 1 is 0.765 bits per heavy atom. The van der Waals surface area contributed by atoms with Gasteiger partial charge in [-0.05, 0) is 24.6 Å². The molecule has 2 atom stereocenters. The van der Waals surface area contributed by atoms with Gasteiger partial charge >= 0.3 is 0 Å². The van der Waals surface area contributed by atoms with E-state index in [1.165, 1.54) is 5.56 Å². The predicted octanol–water partition coefficient (Wildman–Crippen LogP) is 4.26. The Labute approximate surface area is 103 Å². The number of para-hydroxylation sites is 1. The van der Waals surface area contributed by atoms with Crippen LogP contribution in [0.4, 0.5) is 0 Å². The first-order valence-electron chi connectivity index (χ1n) is 6.04. The smallest absolute Gasteiger partial charge is 0.119 e. The summed E-state index contributed by atoms with van der Waals surface area (Å²) in [6, 6.07) is 20.5. The van der Waals surface area contributed by atoms with Crippen molar-refractivity contribution in [1.29, 1.82) is 0 Å². The van der Waals surface area contributed by atoms with Crippen LogP contribution in [0, 0.1) is 0 Å². The molecular formula is C16H18O. The minimum atomic E-state index is 0.166.